The van der Waals surface area contributed by atoms with Gasteiger partial charge in [0.1, 0.15) is 23.4 Å². The fraction of sp³-hybridized carbons (Fsp3) is 0.312. The van der Waals surface area contributed by atoms with Gasteiger partial charge in [0, 0.05) is 6.42 Å². The molecule has 0 saturated carbocycles. The van der Waals surface area contributed by atoms with E-state index < -0.39 is 47.6 Å². The number of amides is 3. The normalized spacial score (nSPS) is 18.7. The van der Waals surface area contributed by atoms with Crippen LogP contribution in [-0.2, 0) is 30.3 Å². The molecule has 3 atom stereocenters. The van der Waals surface area contributed by atoms with Crippen LogP contribution in [0.15, 0.2) is 66.7 Å². The van der Waals surface area contributed by atoms with Crippen LogP contribution in [0.1, 0.15) is 49.5 Å². The predicted octanol–water partition coefficient (Wildman–Crippen LogP) is 3.83. The Balaban J connectivity index is 1.84. The second-order valence-corrected chi connectivity index (χ2v) is 11.0. The summed E-state index contributed by atoms with van der Waals surface area (Å²) in [6.07, 6.45) is -0.775. The van der Waals surface area contributed by atoms with Crippen LogP contribution in [0.4, 0.5) is 4.79 Å². The lowest BCUT2D eigenvalue weighted by molar-refractivity contribution is -0.145. The molecule has 2 aliphatic rings. The lowest BCUT2D eigenvalue weighted by Gasteiger charge is -2.27. The molecule has 3 amide bonds. The summed E-state index contributed by atoms with van der Waals surface area (Å²) in [6, 6.07) is 13.9. The third-order valence-electron chi connectivity index (χ3n) is 6.60. The fourth-order valence-electron chi connectivity index (χ4n) is 4.58. The van der Waals surface area contributed by atoms with E-state index in [1.807, 2.05) is 0 Å². The number of methoxy groups -OCH3 is 2. The van der Waals surface area contributed by atoms with Crippen LogP contribution in [0, 0.1) is 0 Å². The van der Waals surface area contributed by atoms with Crippen molar-refractivity contribution in [3.63, 3.8) is 0 Å². The van der Waals surface area contributed by atoms with Gasteiger partial charge in [-0.25, -0.2) is 9.59 Å². The Morgan fingerprint density at radius 2 is 1.61 bits per heavy atom. The van der Waals surface area contributed by atoms with Gasteiger partial charge in [-0.05, 0) is 61.7 Å². The molecular formula is C32H35N3O9. The summed E-state index contributed by atoms with van der Waals surface area (Å²) < 4.78 is 21.7. The lowest BCUT2D eigenvalue weighted by Crippen LogP contribution is -2.52. The molecule has 4 bridgehead atoms. The van der Waals surface area contributed by atoms with Crippen LogP contribution in [0.5, 0.6) is 23.0 Å². The SMILES string of the molecule is COC(=O)[C@@H]1NC(=O)[C@@H](c2ccccc2)NC(=O)[C@H](NC(=O)OC(C)(C)C)Cc2ccc(cc2)Oc2cc1cc(O)c2OC. The van der Waals surface area contributed by atoms with E-state index in [-0.39, 0.29) is 29.2 Å². The van der Waals surface area contributed by atoms with E-state index in [1.165, 1.54) is 19.2 Å². The zero-order valence-corrected chi connectivity index (χ0v) is 25.0. The highest BCUT2D eigenvalue weighted by Crippen LogP contribution is 2.41. The second-order valence-electron chi connectivity index (χ2n) is 11.0. The number of aromatic hydroxyl groups is 1. The molecule has 4 N–H and O–H groups in total. The zero-order chi connectivity index (χ0) is 32.0. The van der Waals surface area contributed by atoms with Gasteiger partial charge in [-0.1, -0.05) is 42.5 Å². The van der Waals surface area contributed by atoms with Crippen LogP contribution < -0.4 is 25.4 Å². The number of phenolic OH excluding ortho intramolecular Hbond substituents is 1. The molecule has 0 aromatic heterocycles. The van der Waals surface area contributed by atoms with E-state index >= 15 is 0 Å². The average molecular weight is 606 g/mol. The molecule has 0 spiro atoms. The van der Waals surface area contributed by atoms with Crippen molar-refractivity contribution in [2.75, 3.05) is 14.2 Å². The van der Waals surface area contributed by atoms with Gasteiger partial charge in [0.15, 0.2) is 17.5 Å². The highest BCUT2D eigenvalue weighted by molar-refractivity contribution is 5.94. The molecule has 0 unspecified atom stereocenters. The first-order valence-corrected chi connectivity index (χ1v) is 13.8. The van der Waals surface area contributed by atoms with Crippen molar-refractivity contribution in [1.29, 1.82) is 0 Å². The fourth-order valence-corrected chi connectivity index (χ4v) is 4.58. The summed E-state index contributed by atoms with van der Waals surface area (Å²) >= 11 is 0. The van der Waals surface area contributed by atoms with Crippen LogP contribution in [0.25, 0.3) is 0 Å². The molecule has 3 aromatic rings. The van der Waals surface area contributed by atoms with Gasteiger partial charge in [0.2, 0.25) is 17.6 Å². The van der Waals surface area contributed by atoms with Gasteiger partial charge in [0.25, 0.3) is 0 Å². The maximum atomic E-state index is 13.8. The van der Waals surface area contributed by atoms with Crippen LogP contribution in [0.3, 0.4) is 0 Å². The number of phenols is 1. The Hall–Kier alpha value is -5.26. The lowest BCUT2D eigenvalue weighted by atomic mass is 10.0. The van der Waals surface area contributed by atoms with Crippen molar-refractivity contribution in [1.82, 2.24) is 16.0 Å². The van der Waals surface area contributed by atoms with E-state index in [9.17, 15) is 24.3 Å². The maximum Gasteiger partial charge on any atom is 0.408 e. The van der Waals surface area contributed by atoms with Gasteiger partial charge in [-0.2, -0.15) is 0 Å². The van der Waals surface area contributed by atoms with Gasteiger partial charge in [-0.15, -0.1) is 0 Å². The van der Waals surface area contributed by atoms with Crippen LogP contribution in [-0.4, -0.2) is 54.8 Å². The molecule has 2 aliphatic heterocycles. The number of benzene rings is 3. The number of rotatable bonds is 4. The Morgan fingerprint density at radius 1 is 0.932 bits per heavy atom. The summed E-state index contributed by atoms with van der Waals surface area (Å²) in [7, 11) is 2.50. The zero-order valence-electron chi connectivity index (χ0n) is 25.0. The van der Waals surface area contributed by atoms with E-state index in [4.69, 9.17) is 18.9 Å². The molecule has 44 heavy (non-hydrogen) atoms. The minimum Gasteiger partial charge on any atom is -0.504 e. The van der Waals surface area contributed by atoms with Crippen LogP contribution >= 0.6 is 0 Å². The van der Waals surface area contributed by atoms with Crippen molar-refractivity contribution >= 4 is 23.9 Å². The molecule has 0 fully saturated rings. The summed E-state index contributed by atoms with van der Waals surface area (Å²) in [6.45, 7) is 5.09. The third kappa shape index (κ3) is 7.77. The molecular weight excluding hydrogens is 570 g/mol. The molecule has 0 aliphatic carbocycles. The van der Waals surface area contributed by atoms with Gasteiger partial charge in [0.05, 0.1) is 14.2 Å². The summed E-state index contributed by atoms with van der Waals surface area (Å²) in [5, 5.41) is 18.7. The first-order valence-electron chi connectivity index (χ1n) is 13.8. The topological polar surface area (TPSA) is 162 Å². The molecule has 0 saturated heterocycles. The number of fused-ring (bicyclic) bond motifs is 9. The second kappa shape index (κ2) is 13.4. The molecule has 12 nitrogen and oxygen atoms in total. The number of ether oxygens (including phenoxy) is 4. The average Bonchev–Trinajstić information content (AvgIpc) is 2.97. The van der Waals surface area contributed by atoms with E-state index in [0.29, 0.717) is 16.9 Å². The number of carbonyl (C=O) groups excluding carboxylic acids is 4. The molecule has 2 heterocycles. The van der Waals surface area contributed by atoms with E-state index in [0.717, 1.165) is 7.11 Å². The maximum absolute atomic E-state index is 13.8. The molecule has 5 rings (SSSR count). The predicted molar refractivity (Wildman–Crippen MR) is 158 cm³/mol. The quantitative estimate of drug-likeness (QED) is 0.324. The van der Waals surface area contributed by atoms with Crippen molar-refractivity contribution in [3.8, 4) is 23.0 Å². The number of esters is 1. The Bertz CT molecular complexity index is 1520. The summed E-state index contributed by atoms with van der Waals surface area (Å²) in [4.78, 5) is 53.3. The highest BCUT2D eigenvalue weighted by atomic mass is 16.6. The van der Waals surface area contributed by atoms with Gasteiger partial charge >= 0.3 is 12.1 Å². The van der Waals surface area contributed by atoms with Gasteiger partial charge < -0.3 is 40.0 Å². The number of nitrogens with one attached hydrogen (secondary N) is 3. The monoisotopic (exact) mass is 605 g/mol. The van der Waals surface area contributed by atoms with Crippen molar-refractivity contribution in [2.24, 2.45) is 0 Å². The molecule has 232 valence electrons. The summed E-state index contributed by atoms with van der Waals surface area (Å²) in [5.74, 6) is -2.20. The Labute approximate surface area is 254 Å². The molecule has 0 radical (unpaired) electrons. The Kier molecular flexibility index (Phi) is 9.62. The first-order chi connectivity index (χ1) is 20.9. The minimum atomic E-state index is -1.42. The van der Waals surface area contributed by atoms with Crippen LogP contribution in [0.2, 0.25) is 0 Å². The van der Waals surface area contributed by atoms with Gasteiger partial charge in [-0.3, -0.25) is 9.59 Å². The van der Waals surface area contributed by atoms with E-state index in [2.05, 4.69) is 16.0 Å². The minimum absolute atomic E-state index is 0.00457. The third-order valence-corrected chi connectivity index (χ3v) is 6.60. The van der Waals surface area contributed by atoms with Crippen molar-refractivity contribution in [3.05, 3.63) is 83.4 Å². The largest absolute Gasteiger partial charge is 0.504 e. The summed E-state index contributed by atoms with van der Waals surface area (Å²) in [5.41, 5.74) is 0.379. The number of hydrogen-bond donors (Lipinski definition) is 4. The number of hydrogen-bond acceptors (Lipinski definition) is 9. The highest BCUT2D eigenvalue weighted by Gasteiger charge is 2.33. The molecule has 3 aromatic carbocycles. The standard InChI is InChI=1S/C32H35N3O9/c1-32(2,3)44-31(40)33-22-15-18-11-13-21(14-12-18)43-24-17-20(16-23(36)27(24)41-4)26(30(39)42-5)35-29(38)25(34-28(22)37)19-9-7-6-8-10-19/h6-14,16-17,22,25-26,36H,15H2,1-5H3,(H,33,40)(H,34,37)(H,35,38)/t22-,25-,26-/m1/s1. The number of alkyl carbamates (subject to hydrolysis) is 1. The first kappa shape index (κ1) is 31.7. The molecule has 12 heteroatoms. The van der Waals surface area contributed by atoms with Crippen molar-refractivity contribution < 1.29 is 43.2 Å². The Morgan fingerprint density at radius 3 is 2.23 bits per heavy atom. The smallest absolute Gasteiger partial charge is 0.408 e. The van der Waals surface area contributed by atoms with Crippen molar-refractivity contribution in [2.45, 2.75) is 50.9 Å². The number of carbonyl (C=O) groups is 4. The van der Waals surface area contributed by atoms with E-state index in [1.54, 1.807) is 75.4 Å².